The fourth-order valence-corrected chi connectivity index (χ4v) is 3.40. The van der Waals surface area contributed by atoms with Gasteiger partial charge < -0.3 is 20.4 Å². The van der Waals surface area contributed by atoms with Gasteiger partial charge in [0.05, 0.1) is 0 Å². The third-order valence-corrected chi connectivity index (χ3v) is 5.27. The summed E-state index contributed by atoms with van der Waals surface area (Å²) in [5, 5.41) is 7.07. The zero-order valence-corrected chi connectivity index (χ0v) is 17.3. The van der Waals surface area contributed by atoms with E-state index in [1.54, 1.807) is 0 Å². The lowest BCUT2D eigenvalue weighted by Gasteiger charge is -2.35. The van der Waals surface area contributed by atoms with Crippen molar-refractivity contribution >= 4 is 5.96 Å². The van der Waals surface area contributed by atoms with Crippen molar-refractivity contribution < 1.29 is 0 Å². The lowest BCUT2D eigenvalue weighted by atomic mass is 10.0. The molecule has 146 valence electrons. The maximum Gasteiger partial charge on any atom is 0.191 e. The number of piperidine rings is 1. The third-order valence-electron chi connectivity index (χ3n) is 5.27. The Balaban J connectivity index is 1.81. The van der Waals surface area contributed by atoms with Gasteiger partial charge in [0.25, 0.3) is 0 Å². The van der Waals surface area contributed by atoms with Crippen molar-refractivity contribution in [3.05, 3.63) is 35.4 Å². The predicted octanol–water partition coefficient (Wildman–Crippen LogP) is 2.68. The number of hydrogen-bond acceptors (Lipinski definition) is 3. The molecule has 0 atom stereocenters. The van der Waals surface area contributed by atoms with Gasteiger partial charge in [0.1, 0.15) is 0 Å². The van der Waals surface area contributed by atoms with Crippen LogP contribution in [0.4, 0.5) is 0 Å². The molecule has 0 radical (unpaired) electrons. The van der Waals surface area contributed by atoms with Gasteiger partial charge in [-0.05, 0) is 51.4 Å². The van der Waals surface area contributed by atoms with Crippen LogP contribution in [0.2, 0.25) is 0 Å². The molecule has 0 aromatic heterocycles. The highest BCUT2D eigenvalue weighted by Crippen LogP contribution is 2.13. The van der Waals surface area contributed by atoms with Crippen LogP contribution in [-0.2, 0) is 13.1 Å². The maximum absolute atomic E-state index is 4.41. The molecule has 1 aliphatic rings. The molecule has 1 fully saturated rings. The number of nitrogens with zero attached hydrogens (tertiary/aromatic N) is 3. The molecule has 1 aromatic carbocycles. The van der Waals surface area contributed by atoms with Crippen molar-refractivity contribution in [3.8, 4) is 0 Å². The SMILES string of the molecule is CCN(C)Cc1cccc(CNC(=NC)NC2CCN(C(C)C)CC2)c1. The second-order valence-corrected chi connectivity index (χ2v) is 7.62. The molecule has 0 amide bonds. The molecule has 26 heavy (non-hydrogen) atoms. The summed E-state index contributed by atoms with van der Waals surface area (Å²) in [6, 6.07) is 9.97. The Morgan fingerprint density at radius 1 is 1.27 bits per heavy atom. The van der Waals surface area contributed by atoms with Gasteiger partial charge in [-0.25, -0.2) is 0 Å². The molecule has 1 saturated heterocycles. The monoisotopic (exact) mass is 359 g/mol. The average Bonchev–Trinajstić information content (AvgIpc) is 2.65. The van der Waals surface area contributed by atoms with Gasteiger partial charge >= 0.3 is 0 Å². The van der Waals surface area contributed by atoms with Crippen LogP contribution < -0.4 is 10.6 Å². The second kappa shape index (κ2) is 10.5. The van der Waals surface area contributed by atoms with Crippen LogP contribution in [0, 0.1) is 0 Å². The summed E-state index contributed by atoms with van der Waals surface area (Å²) < 4.78 is 0. The lowest BCUT2D eigenvalue weighted by molar-refractivity contribution is 0.167. The van der Waals surface area contributed by atoms with Gasteiger partial charge in [-0.1, -0.05) is 31.2 Å². The summed E-state index contributed by atoms with van der Waals surface area (Å²) in [6.45, 7) is 11.9. The van der Waals surface area contributed by atoms with E-state index in [1.165, 1.54) is 37.1 Å². The van der Waals surface area contributed by atoms with E-state index in [4.69, 9.17) is 0 Å². The van der Waals surface area contributed by atoms with Crippen LogP contribution >= 0.6 is 0 Å². The number of hydrogen-bond donors (Lipinski definition) is 2. The Bertz CT molecular complexity index is 561. The molecule has 5 heteroatoms. The number of aliphatic imine (C=N–C) groups is 1. The zero-order valence-electron chi connectivity index (χ0n) is 17.3. The molecule has 1 aromatic rings. The lowest BCUT2D eigenvalue weighted by Crippen LogP contribution is -2.49. The van der Waals surface area contributed by atoms with Crippen LogP contribution in [0.5, 0.6) is 0 Å². The van der Waals surface area contributed by atoms with E-state index in [1.807, 2.05) is 7.05 Å². The summed E-state index contributed by atoms with van der Waals surface area (Å²) in [6.07, 6.45) is 2.36. The molecule has 0 spiro atoms. The fraction of sp³-hybridized carbons (Fsp3) is 0.667. The van der Waals surface area contributed by atoms with Gasteiger partial charge in [0, 0.05) is 45.3 Å². The van der Waals surface area contributed by atoms with Gasteiger partial charge in [-0.3, -0.25) is 4.99 Å². The van der Waals surface area contributed by atoms with E-state index in [0.29, 0.717) is 12.1 Å². The molecule has 5 nitrogen and oxygen atoms in total. The molecule has 0 bridgehead atoms. The number of guanidine groups is 1. The quantitative estimate of drug-likeness (QED) is 0.580. The molecular formula is C21H37N5. The van der Waals surface area contributed by atoms with Crippen LogP contribution in [0.25, 0.3) is 0 Å². The van der Waals surface area contributed by atoms with Crippen molar-refractivity contribution in [3.63, 3.8) is 0 Å². The number of rotatable bonds is 7. The van der Waals surface area contributed by atoms with Crippen molar-refractivity contribution in [1.29, 1.82) is 0 Å². The van der Waals surface area contributed by atoms with Crippen molar-refractivity contribution in [2.24, 2.45) is 4.99 Å². The van der Waals surface area contributed by atoms with Crippen molar-refractivity contribution in [2.75, 3.05) is 33.7 Å². The fourth-order valence-electron chi connectivity index (χ4n) is 3.40. The summed E-state index contributed by atoms with van der Waals surface area (Å²) in [5.74, 6) is 0.907. The third kappa shape index (κ3) is 6.61. The first-order valence-electron chi connectivity index (χ1n) is 9.99. The normalized spacial score (nSPS) is 17.1. The first-order valence-corrected chi connectivity index (χ1v) is 9.99. The predicted molar refractivity (Wildman–Crippen MR) is 112 cm³/mol. The molecule has 2 N–H and O–H groups in total. The number of nitrogens with one attached hydrogen (secondary N) is 2. The highest BCUT2D eigenvalue weighted by Gasteiger charge is 2.21. The smallest absolute Gasteiger partial charge is 0.191 e. The molecule has 0 aliphatic carbocycles. The van der Waals surface area contributed by atoms with E-state index in [0.717, 1.165) is 25.6 Å². The highest BCUT2D eigenvalue weighted by atomic mass is 15.2. The molecule has 1 heterocycles. The topological polar surface area (TPSA) is 42.9 Å². The van der Waals surface area contributed by atoms with E-state index >= 15 is 0 Å². The number of likely N-dealkylation sites (tertiary alicyclic amines) is 1. The van der Waals surface area contributed by atoms with Gasteiger partial charge in [-0.2, -0.15) is 0 Å². The Hall–Kier alpha value is -1.59. The van der Waals surface area contributed by atoms with E-state index in [9.17, 15) is 0 Å². The standard InChI is InChI=1S/C21H37N5/c1-6-25(5)16-19-9-7-8-18(14-19)15-23-21(22-4)24-20-10-12-26(13-11-20)17(2)3/h7-9,14,17,20H,6,10-13,15-16H2,1-5H3,(H2,22,23,24). The average molecular weight is 360 g/mol. The van der Waals surface area contributed by atoms with Crippen LogP contribution in [-0.4, -0.2) is 61.6 Å². The molecule has 1 aliphatic heterocycles. The minimum Gasteiger partial charge on any atom is -0.354 e. The second-order valence-electron chi connectivity index (χ2n) is 7.62. The van der Waals surface area contributed by atoms with E-state index in [2.05, 4.69) is 77.5 Å². The highest BCUT2D eigenvalue weighted by molar-refractivity contribution is 5.79. The molecule has 0 unspecified atom stereocenters. The van der Waals surface area contributed by atoms with Crippen molar-refractivity contribution in [2.45, 2.75) is 58.8 Å². The summed E-state index contributed by atoms with van der Waals surface area (Å²) in [5.41, 5.74) is 2.65. The van der Waals surface area contributed by atoms with Gasteiger partial charge in [0.15, 0.2) is 5.96 Å². The molecule has 2 rings (SSSR count). The first kappa shape index (κ1) is 20.7. The summed E-state index contributed by atoms with van der Waals surface area (Å²) >= 11 is 0. The summed E-state index contributed by atoms with van der Waals surface area (Å²) in [4.78, 5) is 9.27. The Morgan fingerprint density at radius 3 is 2.58 bits per heavy atom. The Labute approximate surface area is 159 Å². The Kier molecular flexibility index (Phi) is 8.39. The Morgan fingerprint density at radius 2 is 1.96 bits per heavy atom. The summed E-state index contributed by atoms with van der Waals surface area (Å²) in [7, 11) is 4.01. The largest absolute Gasteiger partial charge is 0.354 e. The van der Waals surface area contributed by atoms with Crippen molar-refractivity contribution in [1.82, 2.24) is 20.4 Å². The van der Waals surface area contributed by atoms with Crippen LogP contribution in [0.15, 0.2) is 29.3 Å². The van der Waals surface area contributed by atoms with Crippen LogP contribution in [0.1, 0.15) is 44.7 Å². The zero-order chi connectivity index (χ0) is 18.9. The number of benzene rings is 1. The first-order chi connectivity index (χ1) is 12.5. The maximum atomic E-state index is 4.41. The van der Waals surface area contributed by atoms with E-state index < -0.39 is 0 Å². The van der Waals surface area contributed by atoms with E-state index in [-0.39, 0.29) is 0 Å². The van der Waals surface area contributed by atoms with Crippen LogP contribution in [0.3, 0.4) is 0 Å². The molecular weight excluding hydrogens is 322 g/mol. The molecule has 0 saturated carbocycles. The minimum absolute atomic E-state index is 0.515. The van der Waals surface area contributed by atoms with Gasteiger partial charge in [-0.15, -0.1) is 0 Å². The van der Waals surface area contributed by atoms with Gasteiger partial charge in [0.2, 0.25) is 0 Å². The minimum atomic E-state index is 0.515.